The van der Waals surface area contributed by atoms with Crippen LogP contribution in [0, 0.1) is 5.82 Å². The van der Waals surface area contributed by atoms with E-state index in [0.717, 1.165) is 11.4 Å². The maximum Gasteiger partial charge on any atom is 0.118 e. The number of aromatic nitrogens is 2. The first-order valence-electron chi connectivity index (χ1n) is 5.87. The highest BCUT2D eigenvalue weighted by molar-refractivity contribution is 6.32. The van der Waals surface area contributed by atoms with Crippen LogP contribution in [0.4, 0.5) is 10.1 Å². The van der Waals surface area contributed by atoms with E-state index in [1.807, 2.05) is 0 Å². The van der Waals surface area contributed by atoms with E-state index >= 15 is 0 Å². The van der Waals surface area contributed by atoms with E-state index in [1.165, 1.54) is 6.07 Å². The van der Waals surface area contributed by atoms with E-state index in [2.05, 4.69) is 28.7 Å². The van der Waals surface area contributed by atoms with Crippen LogP contribution in [0.3, 0.4) is 0 Å². The summed E-state index contributed by atoms with van der Waals surface area (Å²) in [4.78, 5) is 9.18. The Morgan fingerprint density at radius 3 is 2.78 bits per heavy atom. The monoisotopic (exact) mass is 243 g/mol. The molecule has 0 aliphatic carbocycles. The Morgan fingerprint density at radius 1 is 1.44 bits per heavy atom. The van der Waals surface area contributed by atoms with E-state index in [4.69, 9.17) is 7.85 Å². The molecule has 92 valence electrons. The van der Waals surface area contributed by atoms with Crippen molar-refractivity contribution in [2.75, 3.05) is 4.90 Å². The van der Waals surface area contributed by atoms with Crippen LogP contribution in [0.1, 0.15) is 19.5 Å². The number of benzene rings is 1. The number of rotatable bonds is 4. The normalized spacial score (nSPS) is 10.9. The van der Waals surface area contributed by atoms with Crippen molar-refractivity contribution in [2.45, 2.75) is 26.4 Å². The predicted molar refractivity (Wildman–Crippen MR) is 71.7 cm³/mol. The molecule has 0 fully saturated rings. The summed E-state index contributed by atoms with van der Waals surface area (Å²) in [6.07, 6.45) is 3.43. The topological polar surface area (TPSA) is 31.9 Å². The molecule has 2 aromatic rings. The molecule has 0 spiro atoms. The standard InChI is InChI=1S/C13H15BFN3/c1-9(2)18(7-10-6-16-8-17-10)11-3-4-13(15)12(14)5-11/h3-6,8-9H,7H2,1-2H3,(H,16,17). The van der Waals surface area contributed by atoms with Gasteiger partial charge in [0.05, 0.1) is 18.6 Å². The first-order valence-corrected chi connectivity index (χ1v) is 5.87. The number of hydrogen-bond donors (Lipinski definition) is 1. The van der Waals surface area contributed by atoms with E-state index in [1.54, 1.807) is 24.7 Å². The van der Waals surface area contributed by atoms with Gasteiger partial charge in [-0.3, -0.25) is 0 Å². The van der Waals surface area contributed by atoms with Crippen LogP contribution in [0.15, 0.2) is 30.7 Å². The molecule has 1 aromatic carbocycles. The van der Waals surface area contributed by atoms with E-state index in [9.17, 15) is 4.39 Å². The summed E-state index contributed by atoms with van der Waals surface area (Å²) in [5, 5.41) is 0. The first kappa shape index (κ1) is 12.7. The molecule has 0 bridgehead atoms. The summed E-state index contributed by atoms with van der Waals surface area (Å²) in [5.41, 5.74) is 2.08. The summed E-state index contributed by atoms with van der Waals surface area (Å²) in [6, 6.07) is 5.07. The molecule has 0 aliphatic rings. The lowest BCUT2D eigenvalue weighted by atomic mass is 9.94. The second-order valence-corrected chi connectivity index (χ2v) is 4.50. The van der Waals surface area contributed by atoms with Gasteiger partial charge < -0.3 is 9.88 Å². The SMILES string of the molecule is [B]c1cc(N(Cc2cnc[nH]2)C(C)C)ccc1F. The minimum absolute atomic E-state index is 0.169. The summed E-state index contributed by atoms with van der Waals surface area (Å²) in [6.45, 7) is 4.84. The number of nitrogens with one attached hydrogen (secondary N) is 1. The summed E-state index contributed by atoms with van der Waals surface area (Å²) in [5.74, 6) is -0.385. The van der Waals surface area contributed by atoms with Crippen molar-refractivity contribution in [1.29, 1.82) is 0 Å². The van der Waals surface area contributed by atoms with Crippen LogP contribution in [-0.4, -0.2) is 23.9 Å². The molecule has 18 heavy (non-hydrogen) atoms. The minimum atomic E-state index is -0.385. The second-order valence-electron chi connectivity index (χ2n) is 4.50. The van der Waals surface area contributed by atoms with E-state index in [-0.39, 0.29) is 17.3 Å². The van der Waals surface area contributed by atoms with Crippen molar-refractivity contribution in [3.8, 4) is 0 Å². The van der Waals surface area contributed by atoms with Crippen molar-refractivity contribution in [3.05, 3.63) is 42.2 Å². The average Bonchev–Trinajstić information content (AvgIpc) is 2.82. The Bertz CT molecular complexity index is 511. The minimum Gasteiger partial charge on any atom is -0.363 e. The zero-order valence-corrected chi connectivity index (χ0v) is 10.5. The van der Waals surface area contributed by atoms with E-state index in [0.29, 0.717) is 6.54 Å². The van der Waals surface area contributed by atoms with Crippen LogP contribution in [0.25, 0.3) is 0 Å². The molecule has 2 rings (SSSR count). The first-order chi connectivity index (χ1) is 8.58. The molecule has 2 radical (unpaired) electrons. The Balaban J connectivity index is 2.26. The number of hydrogen-bond acceptors (Lipinski definition) is 2. The predicted octanol–water partition coefficient (Wildman–Crippen LogP) is 1.76. The lowest BCUT2D eigenvalue weighted by Gasteiger charge is -2.29. The van der Waals surface area contributed by atoms with E-state index < -0.39 is 0 Å². The molecule has 1 heterocycles. The van der Waals surface area contributed by atoms with Gasteiger partial charge in [-0.1, -0.05) is 5.46 Å². The lowest BCUT2D eigenvalue weighted by Crippen LogP contribution is -2.31. The van der Waals surface area contributed by atoms with Crippen molar-refractivity contribution >= 4 is 19.0 Å². The van der Waals surface area contributed by atoms with Gasteiger partial charge in [-0.15, -0.1) is 0 Å². The largest absolute Gasteiger partial charge is 0.363 e. The molecule has 1 N–H and O–H groups in total. The third-order valence-electron chi connectivity index (χ3n) is 2.83. The van der Waals surface area contributed by atoms with Gasteiger partial charge >= 0.3 is 0 Å². The summed E-state index contributed by atoms with van der Waals surface area (Å²) < 4.78 is 13.2. The van der Waals surface area contributed by atoms with Gasteiger partial charge in [0.1, 0.15) is 13.7 Å². The highest BCUT2D eigenvalue weighted by atomic mass is 19.1. The Hall–Kier alpha value is -1.78. The highest BCUT2D eigenvalue weighted by Gasteiger charge is 2.12. The van der Waals surface area contributed by atoms with Gasteiger partial charge in [0.25, 0.3) is 0 Å². The van der Waals surface area contributed by atoms with Crippen LogP contribution < -0.4 is 10.4 Å². The van der Waals surface area contributed by atoms with Crippen LogP contribution >= 0.6 is 0 Å². The third-order valence-corrected chi connectivity index (χ3v) is 2.83. The number of anilines is 1. The molecule has 1 aromatic heterocycles. The number of nitrogens with zero attached hydrogens (tertiary/aromatic N) is 2. The third kappa shape index (κ3) is 2.72. The maximum atomic E-state index is 13.2. The molecule has 3 nitrogen and oxygen atoms in total. The lowest BCUT2D eigenvalue weighted by molar-refractivity contribution is 0.633. The zero-order valence-electron chi connectivity index (χ0n) is 10.5. The molecule has 0 aliphatic heterocycles. The Morgan fingerprint density at radius 2 is 2.22 bits per heavy atom. The summed E-state index contributed by atoms with van der Waals surface area (Å²) in [7, 11) is 5.61. The molecular weight excluding hydrogens is 228 g/mol. The van der Waals surface area contributed by atoms with Crippen molar-refractivity contribution in [1.82, 2.24) is 9.97 Å². The highest BCUT2D eigenvalue weighted by Crippen LogP contribution is 2.18. The average molecular weight is 243 g/mol. The van der Waals surface area contributed by atoms with Crippen molar-refractivity contribution < 1.29 is 4.39 Å². The second kappa shape index (κ2) is 5.25. The maximum absolute atomic E-state index is 13.2. The van der Waals surface area contributed by atoms with Crippen LogP contribution in [0.2, 0.25) is 0 Å². The van der Waals surface area contributed by atoms with Gasteiger partial charge in [0, 0.05) is 17.9 Å². The number of H-pyrrole nitrogens is 1. The quantitative estimate of drug-likeness (QED) is 0.829. The zero-order chi connectivity index (χ0) is 13.1. The smallest absolute Gasteiger partial charge is 0.118 e. The van der Waals surface area contributed by atoms with Gasteiger partial charge in [-0.2, -0.15) is 0 Å². The fraction of sp³-hybridized carbons (Fsp3) is 0.308. The summed E-state index contributed by atoms with van der Waals surface area (Å²) >= 11 is 0. The molecule has 0 amide bonds. The Labute approximate surface area is 107 Å². The fourth-order valence-corrected chi connectivity index (χ4v) is 1.84. The van der Waals surface area contributed by atoms with Gasteiger partial charge in [0.15, 0.2) is 0 Å². The van der Waals surface area contributed by atoms with Crippen molar-refractivity contribution in [2.24, 2.45) is 0 Å². The van der Waals surface area contributed by atoms with Crippen LogP contribution in [-0.2, 0) is 6.54 Å². The van der Waals surface area contributed by atoms with Gasteiger partial charge in [-0.25, -0.2) is 9.37 Å². The molecule has 0 saturated carbocycles. The van der Waals surface area contributed by atoms with Crippen LogP contribution in [0.5, 0.6) is 0 Å². The molecular formula is C13H15BFN3. The molecule has 5 heteroatoms. The molecule has 0 unspecified atom stereocenters. The van der Waals surface area contributed by atoms with Gasteiger partial charge in [0.2, 0.25) is 0 Å². The molecule has 0 atom stereocenters. The van der Waals surface area contributed by atoms with Gasteiger partial charge in [-0.05, 0) is 32.0 Å². The number of aromatic amines is 1. The Kier molecular flexibility index (Phi) is 3.70. The van der Waals surface area contributed by atoms with Crippen molar-refractivity contribution in [3.63, 3.8) is 0 Å². The molecule has 0 saturated heterocycles. The fourth-order valence-electron chi connectivity index (χ4n) is 1.84. The number of halogens is 1. The number of imidazole rings is 1.